The van der Waals surface area contributed by atoms with Gasteiger partial charge in [0, 0.05) is 6.07 Å². The van der Waals surface area contributed by atoms with Crippen molar-refractivity contribution >= 4 is 21.4 Å². The predicted octanol–water partition coefficient (Wildman–Crippen LogP) is 2.09. The summed E-state index contributed by atoms with van der Waals surface area (Å²) in [6, 6.07) is 11.0. The van der Waals surface area contributed by atoms with E-state index in [0.717, 1.165) is 0 Å². The first-order chi connectivity index (χ1) is 9.97. The van der Waals surface area contributed by atoms with Gasteiger partial charge in [-0.1, -0.05) is 12.1 Å². The second-order valence-electron chi connectivity index (χ2n) is 4.21. The Morgan fingerprint density at radius 3 is 2.29 bits per heavy atom. The van der Waals surface area contributed by atoms with Crippen LogP contribution in [-0.4, -0.2) is 22.6 Å². The molecule has 2 aromatic rings. The molecule has 0 aromatic heterocycles. The minimum absolute atomic E-state index is 0.0587. The van der Waals surface area contributed by atoms with Crippen LogP contribution in [0.25, 0.3) is 0 Å². The molecule has 0 aliphatic heterocycles. The van der Waals surface area contributed by atoms with Crippen molar-refractivity contribution in [3.05, 3.63) is 42.5 Å². The Balaban J connectivity index is 2.38. The van der Waals surface area contributed by atoms with Gasteiger partial charge in [0.25, 0.3) is 10.0 Å². The lowest BCUT2D eigenvalue weighted by Crippen LogP contribution is -2.14. The lowest BCUT2D eigenvalue weighted by Gasteiger charge is -2.12. The SMILES string of the molecule is COc1ccc(S(=O)(=O)Nc2ccccc2N)cc1OC. The minimum Gasteiger partial charge on any atom is -0.493 e. The highest BCUT2D eigenvalue weighted by Crippen LogP contribution is 2.30. The molecule has 0 radical (unpaired) electrons. The molecule has 0 amide bonds. The summed E-state index contributed by atoms with van der Waals surface area (Å²) < 4.78 is 37.3. The van der Waals surface area contributed by atoms with Gasteiger partial charge in [-0.2, -0.15) is 0 Å². The maximum Gasteiger partial charge on any atom is 0.262 e. The fraction of sp³-hybridized carbons (Fsp3) is 0.143. The highest BCUT2D eigenvalue weighted by Gasteiger charge is 2.18. The topological polar surface area (TPSA) is 90.7 Å². The smallest absolute Gasteiger partial charge is 0.262 e. The minimum atomic E-state index is -3.76. The number of nitrogens with one attached hydrogen (secondary N) is 1. The quantitative estimate of drug-likeness (QED) is 0.825. The summed E-state index contributed by atoms with van der Waals surface area (Å²) in [5, 5.41) is 0. The van der Waals surface area contributed by atoms with E-state index in [1.165, 1.54) is 32.4 Å². The highest BCUT2D eigenvalue weighted by molar-refractivity contribution is 7.92. The molecule has 3 N–H and O–H groups in total. The van der Waals surface area contributed by atoms with E-state index < -0.39 is 10.0 Å². The third kappa shape index (κ3) is 3.19. The van der Waals surface area contributed by atoms with E-state index in [4.69, 9.17) is 15.2 Å². The van der Waals surface area contributed by atoms with Crippen molar-refractivity contribution in [2.75, 3.05) is 24.7 Å². The fourth-order valence-corrected chi connectivity index (χ4v) is 2.88. The number of benzene rings is 2. The van der Waals surface area contributed by atoms with Crippen molar-refractivity contribution in [3.63, 3.8) is 0 Å². The molecule has 0 aliphatic carbocycles. The van der Waals surface area contributed by atoms with Crippen molar-refractivity contribution in [1.29, 1.82) is 0 Å². The highest BCUT2D eigenvalue weighted by atomic mass is 32.2. The Morgan fingerprint density at radius 2 is 1.67 bits per heavy atom. The Labute approximate surface area is 123 Å². The molecule has 0 saturated heterocycles. The van der Waals surface area contributed by atoms with Crippen LogP contribution in [0.5, 0.6) is 11.5 Å². The molecule has 21 heavy (non-hydrogen) atoms. The van der Waals surface area contributed by atoms with Gasteiger partial charge < -0.3 is 15.2 Å². The van der Waals surface area contributed by atoms with Crippen LogP contribution >= 0.6 is 0 Å². The zero-order valence-electron chi connectivity index (χ0n) is 11.7. The van der Waals surface area contributed by atoms with Crippen LogP contribution in [0.4, 0.5) is 11.4 Å². The van der Waals surface area contributed by atoms with E-state index in [1.807, 2.05) is 0 Å². The number of anilines is 2. The van der Waals surface area contributed by atoms with Crippen LogP contribution < -0.4 is 19.9 Å². The third-order valence-electron chi connectivity index (χ3n) is 2.87. The van der Waals surface area contributed by atoms with E-state index in [0.29, 0.717) is 22.9 Å². The molecule has 0 spiro atoms. The van der Waals surface area contributed by atoms with Gasteiger partial charge in [0.05, 0.1) is 30.5 Å². The lowest BCUT2D eigenvalue weighted by atomic mass is 10.3. The van der Waals surface area contributed by atoms with Crippen molar-refractivity contribution in [1.82, 2.24) is 0 Å². The predicted molar refractivity (Wildman–Crippen MR) is 81.2 cm³/mol. The fourth-order valence-electron chi connectivity index (χ4n) is 1.78. The molecule has 0 unspecified atom stereocenters. The van der Waals surface area contributed by atoms with Crippen LogP contribution in [0.15, 0.2) is 47.4 Å². The summed E-state index contributed by atoms with van der Waals surface area (Å²) in [6.07, 6.45) is 0. The second kappa shape index (κ2) is 5.92. The van der Waals surface area contributed by atoms with Gasteiger partial charge in [-0.15, -0.1) is 0 Å². The summed E-state index contributed by atoms with van der Waals surface area (Å²) in [7, 11) is -0.837. The third-order valence-corrected chi connectivity index (χ3v) is 4.23. The normalized spacial score (nSPS) is 11.0. The molecule has 0 saturated carbocycles. The molecule has 0 heterocycles. The number of methoxy groups -OCH3 is 2. The molecule has 0 fully saturated rings. The largest absolute Gasteiger partial charge is 0.493 e. The molecular weight excluding hydrogens is 292 g/mol. The Kier molecular flexibility index (Phi) is 4.23. The number of rotatable bonds is 5. The summed E-state index contributed by atoms with van der Waals surface area (Å²) >= 11 is 0. The Morgan fingerprint density at radius 1 is 1.00 bits per heavy atom. The standard InChI is InChI=1S/C14H16N2O4S/c1-19-13-8-7-10(9-14(13)20-2)21(17,18)16-12-6-4-3-5-11(12)15/h3-9,16H,15H2,1-2H3. The summed E-state index contributed by atoms with van der Waals surface area (Å²) in [4.78, 5) is 0.0587. The van der Waals surface area contributed by atoms with Crippen LogP contribution in [0, 0.1) is 0 Å². The van der Waals surface area contributed by atoms with Crippen molar-refractivity contribution < 1.29 is 17.9 Å². The van der Waals surface area contributed by atoms with E-state index in [2.05, 4.69) is 4.72 Å². The molecule has 0 aliphatic rings. The number of nitrogen functional groups attached to an aromatic ring is 1. The van der Waals surface area contributed by atoms with Gasteiger partial charge in [0.15, 0.2) is 11.5 Å². The van der Waals surface area contributed by atoms with Gasteiger partial charge in [-0.25, -0.2) is 8.42 Å². The molecule has 2 aromatic carbocycles. The van der Waals surface area contributed by atoms with Crippen LogP contribution in [0.1, 0.15) is 0 Å². The van der Waals surface area contributed by atoms with Gasteiger partial charge in [-0.05, 0) is 24.3 Å². The van der Waals surface area contributed by atoms with E-state index in [9.17, 15) is 8.42 Å². The average molecular weight is 308 g/mol. The van der Waals surface area contributed by atoms with Crippen molar-refractivity contribution in [2.24, 2.45) is 0 Å². The van der Waals surface area contributed by atoms with Gasteiger partial charge in [0.1, 0.15) is 0 Å². The maximum atomic E-state index is 12.4. The van der Waals surface area contributed by atoms with Crippen LogP contribution in [-0.2, 0) is 10.0 Å². The summed E-state index contributed by atoms with van der Waals surface area (Å²) in [5.74, 6) is 0.789. The average Bonchev–Trinajstić information content (AvgIpc) is 2.48. The molecule has 6 nitrogen and oxygen atoms in total. The lowest BCUT2D eigenvalue weighted by molar-refractivity contribution is 0.354. The first kappa shape index (κ1) is 15.0. The monoisotopic (exact) mass is 308 g/mol. The zero-order chi connectivity index (χ0) is 15.5. The number of sulfonamides is 1. The van der Waals surface area contributed by atoms with Crippen LogP contribution in [0.2, 0.25) is 0 Å². The Hall–Kier alpha value is -2.41. The molecule has 2 rings (SSSR count). The van der Waals surface area contributed by atoms with E-state index in [1.54, 1.807) is 24.3 Å². The number of hydrogen-bond donors (Lipinski definition) is 2. The molecule has 7 heteroatoms. The summed E-state index contributed by atoms with van der Waals surface area (Å²) in [6.45, 7) is 0. The van der Waals surface area contributed by atoms with Gasteiger partial charge in [0.2, 0.25) is 0 Å². The van der Waals surface area contributed by atoms with Crippen LogP contribution in [0.3, 0.4) is 0 Å². The van der Waals surface area contributed by atoms with Gasteiger partial charge in [-0.3, -0.25) is 4.72 Å². The molecular formula is C14H16N2O4S. The summed E-state index contributed by atoms with van der Waals surface area (Å²) in [5.41, 5.74) is 6.41. The number of para-hydroxylation sites is 2. The molecule has 112 valence electrons. The second-order valence-corrected chi connectivity index (χ2v) is 5.89. The number of nitrogens with two attached hydrogens (primary N) is 1. The molecule has 0 bridgehead atoms. The first-order valence-electron chi connectivity index (χ1n) is 6.07. The molecule has 0 atom stereocenters. The van der Waals surface area contributed by atoms with E-state index >= 15 is 0 Å². The maximum absolute atomic E-state index is 12.4. The Bertz CT molecular complexity index is 744. The first-order valence-corrected chi connectivity index (χ1v) is 7.55. The number of hydrogen-bond acceptors (Lipinski definition) is 5. The van der Waals surface area contributed by atoms with Crippen molar-refractivity contribution in [2.45, 2.75) is 4.90 Å². The zero-order valence-corrected chi connectivity index (χ0v) is 12.5. The van der Waals surface area contributed by atoms with E-state index in [-0.39, 0.29) is 4.90 Å². The number of ether oxygens (including phenoxy) is 2. The van der Waals surface area contributed by atoms with Gasteiger partial charge >= 0.3 is 0 Å². The van der Waals surface area contributed by atoms with Crippen molar-refractivity contribution in [3.8, 4) is 11.5 Å².